The van der Waals surface area contributed by atoms with E-state index in [4.69, 9.17) is 9.47 Å². The topological polar surface area (TPSA) is 102 Å². The van der Waals surface area contributed by atoms with E-state index in [2.05, 4.69) is 20.8 Å². The average molecular weight is 412 g/mol. The molecule has 0 aliphatic rings. The van der Waals surface area contributed by atoms with Gasteiger partial charge in [0.15, 0.2) is 0 Å². The van der Waals surface area contributed by atoms with Crippen LogP contribution in [-0.4, -0.2) is 36.2 Å². The number of hydrogen-bond donors (Lipinski definition) is 2. The summed E-state index contributed by atoms with van der Waals surface area (Å²) in [6.07, 6.45) is 0.559. The molecule has 0 saturated heterocycles. The van der Waals surface area contributed by atoms with Gasteiger partial charge < -0.3 is 20.1 Å². The minimum Gasteiger partial charge on any atom is -0.497 e. The fourth-order valence-electron chi connectivity index (χ4n) is 2.50. The molecule has 2 N–H and O–H groups in total. The van der Waals surface area contributed by atoms with E-state index in [1.807, 2.05) is 18.2 Å². The molecular weight excluding hydrogens is 392 g/mol. The number of nitrogens with zero attached hydrogens (tertiary/aromatic N) is 2. The number of aryl methyl sites for hydroxylation is 1. The number of aromatic nitrogens is 2. The molecule has 0 bridgehead atoms. The van der Waals surface area contributed by atoms with Gasteiger partial charge in [0.05, 0.1) is 19.9 Å². The molecule has 3 aromatic rings. The number of hydrogen-bond acceptors (Lipinski definition) is 7. The number of ether oxygens (including phenoxy) is 2. The van der Waals surface area contributed by atoms with Gasteiger partial charge in [-0.1, -0.05) is 29.5 Å². The van der Waals surface area contributed by atoms with Crippen molar-refractivity contribution in [2.45, 2.75) is 12.8 Å². The number of methoxy groups -OCH3 is 2. The number of benzene rings is 2. The van der Waals surface area contributed by atoms with Crippen molar-refractivity contribution in [3.05, 3.63) is 58.5 Å². The summed E-state index contributed by atoms with van der Waals surface area (Å²) in [6, 6.07) is 14.3. The van der Waals surface area contributed by atoms with E-state index in [-0.39, 0.29) is 23.2 Å². The largest absolute Gasteiger partial charge is 0.497 e. The lowest BCUT2D eigenvalue weighted by atomic mass is 10.2. The standard InChI is InChI=1S/C20H20N4O4S/c1-27-14-8-9-16(28-2)15(12-14)22-17(25)10-11-18-23-24-20(29-18)19(26)21-13-6-4-3-5-7-13/h3-9,12H,10-11H2,1-2H3,(H,21,26)(H,22,25). The number of carbonyl (C=O) groups is 2. The first-order valence-corrected chi connectivity index (χ1v) is 9.61. The first-order chi connectivity index (χ1) is 14.1. The van der Waals surface area contributed by atoms with Crippen molar-refractivity contribution >= 4 is 34.5 Å². The van der Waals surface area contributed by atoms with Crippen LogP contribution in [0.2, 0.25) is 0 Å². The van der Waals surface area contributed by atoms with Gasteiger partial charge >= 0.3 is 0 Å². The fraction of sp³-hybridized carbons (Fsp3) is 0.200. The Balaban J connectivity index is 1.55. The normalized spacial score (nSPS) is 10.3. The van der Waals surface area contributed by atoms with E-state index >= 15 is 0 Å². The summed E-state index contributed by atoms with van der Waals surface area (Å²) in [4.78, 5) is 24.5. The van der Waals surface area contributed by atoms with Gasteiger partial charge in [-0.15, -0.1) is 10.2 Å². The van der Waals surface area contributed by atoms with Gasteiger partial charge in [-0.05, 0) is 24.3 Å². The van der Waals surface area contributed by atoms with Crippen LogP contribution in [0.1, 0.15) is 21.2 Å². The van der Waals surface area contributed by atoms with E-state index in [0.29, 0.717) is 34.3 Å². The van der Waals surface area contributed by atoms with Crippen molar-refractivity contribution < 1.29 is 19.1 Å². The number of para-hydroxylation sites is 1. The van der Waals surface area contributed by atoms with Crippen LogP contribution in [0, 0.1) is 0 Å². The first kappa shape index (κ1) is 20.3. The maximum Gasteiger partial charge on any atom is 0.286 e. The zero-order valence-electron chi connectivity index (χ0n) is 16.0. The summed E-state index contributed by atoms with van der Waals surface area (Å²) in [5.74, 6) is 0.613. The molecule has 1 aromatic heterocycles. The van der Waals surface area contributed by atoms with Gasteiger partial charge in [-0.2, -0.15) is 0 Å². The minimum atomic E-state index is -0.328. The third-order valence-corrected chi connectivity index (χ3v) is 4.92. The molecule has 0 saturated carbocycles. The summed E-state index contributed by atoms with van der Waals surface area (Å²) >= 11 is 1.16. The van der Waals surface area contributed by atoms with Crippen LogP contribution in [0.3, 0.4) is 0 Å². The van der Waals surface area contributed by atoms with Gasteiger partial charge in [0.25, 0.3) is 5.91 Å². The SMILES string of the molecule is COc1ccc(OC)c(NC(=O)CCc2nnc(C(=O)Nc3ccccc3)s2)c1. The van der Waals surface area contributed by atoms with Gasteiger partial charge in [0.1, 0.15) is 16.5 Å². The van der Waals surface area contributed by atoms with Crippen LogP contribution >= 0.6 is 11.3 Å². The van der Waals surface area contributed by atoms with Crippen molar-refractivity contribution in [1.82, 2.24) is 10.2 Å². The molecule has 1 heterocycles. The Morgan fingerprint density at radius 3 is 2.52 bits per heavy atom. The predicted octanol–water partition coefficient (Wildman–Crippen LogP) is 3.38. The lowest BCUT2D eigenvalue weighted by Crippen LogP contribution is -2.13. The number of anilines is 2. The molecule has 0 radical (unpaired) electrons. The number of rotatable bonds is 8. The van der Waals surface area contributed by atoms with Crippen LogP contribution in [0.5, 0.6) is 11.5 Å². The van der Waals surface area contributed by atoms with E-state index in [1.165, 1.54) is 7.11 Å². The average Bonchev–Trinajstić information content (AvgIpc) is 3.22. The molecule has 0 atom stereocenters. The monoisotopic (exact) mass is 412 g/mol. The highest BCUT2D eigenvalue weighted by Gasteiger charge is 2.15. The Morgan fingerprint density at radius 2 is 1.79 bits per heavy atom. The Bertz CT molecular complexity index is 991. The van der Waals surface area contributed by atoms with Crippen molar-refractivity contribution in [3.63, 3.8) is 0 Å². The van der Waals surface area contributed by atoms with E-state index < -0.39 is 0 Å². The fourth-order valence-corrected chi connectivity index (χ4v) is 3.23. The minimum absolute atomic E-state index is 0.190. The van der Waals surface area contributed by atoms with Gasteiger partial charge in [0, 0.05) is 24.6 Å². The Labute approximate surface area is 171 Å². The first-order valence-electron chi connectivity index (χ1n) is 8.79. The zero-order chi connectivity index (χ0) is 20.6. The molecule has 2 aromatic carbocycles. The molecule has 0 spiro atoms. The van der Waals surface area contributed by atoms with Crippen LogP contribution in [0.25, 0.3) is 0 Å². The number of nitrogens with one attached hydrogen (secondary N) is 2. The van der Waals surface area contributed by atoms with Crippen LogP contribution < -0.4 is 20.1 Å². The highest BCUT2D eigenvalue weighted by Crippen LogP contribution is 2.29. The number of carbonyl (C=O) groups excluding carboxylic acids is 2. The molecule has 2 amide bonds. The summed E-state index contributed by atoms with van der Waals surface area (Å²) in [5, 5.41) is 14.3. The summed E-state index contributed by atoms with van der Waals surface area (Å²) in [5.41, 5.74) is 1.21. The highest BCUT2D eigenvalue weighted by molar-refractivity contribution is 7.13. The van der Waals surface area contributed by atoms with Crippen molar-refractivity contribution in [2.75, 3.05) is 24.9 Å². The van der Waals surface area contributed by atoms with Crippen LogP contribution in [0.4, 0.5) is 11.4 Å². The van der Waals surface area contributed by atoms with E-state index in [1.54, 1.807) is 37.4 Å². The van der Waals surface area contributed by atoms with Gasteiger partial charge in [0.2, 0.25) is 10.9 Å². The molecule has 0 fully saturated rings. The molecule has 8 nitrogen and oxygen atoms in total. The molecule has 0 unspecified atom stereocenters. The summed E-state index contributed by atoms with van der Waals surface area (Å²) in [6.45, 7) is 0. The summed E-state index contributed by atoms with van der Waals surface area (Å²) in [7, 11) is 3.08. The smallest absolute Gasteiger partial charge is 0.286 e. The summed E-state index contributed by atoms with van der Waals surface area (Å²) < 4.78 is 10.4. The third kappa shape index (κ3) is 5.52. The van der Waals surface area contributed by atoms with Crippen LogP contribution in [0.15, 0.2) is 48.5 Å². The second kappa shape index (κ2) is 9.65. The molecular formula is C20H20N4O4S. The molecule has 0 aliphatic carbocycles. The van der Waals surface area contributed by atoms with Gasteiger partial charge in [-0.3, -0.25) is 9.59 Å². The van der Waals surface area contributed by atoms with E-state index in [0.717, 1.165) is 11.3 Å². The molecule has 150 valence electrons. The molecule has 3 rings (SSSR count). The van der Waals surface area contributed by atoms with Crippen molar-refractivity contribution in [3.8, 4) is 11.5 Å². The Morgan fingerprint density at radius 1 is 1.00 bits per heavy atom. The van der Waals surface area contributed by atoms with Gasteiger partial charge in [-0.25, -0.2) is 0 Å². The Kier molecular flexibility index (Phi) is 6.75. The van der Waals surface area contributed by atoms with Crippen molar-refractivity contribution in [2.24, 2.45) is 0 Å². The van der Waals surface area contributed by atoms with E-state index in [9.17, 15) is 9.59 Å². The van der Waals surface area contributed by atoms with Crippen molar-refractivity contribution in [1.29, 1.82) is 0 Å². The third-order valence-electron chi connectivity index (χ3n) is 3.94. The lowest BCUT2D eigenvalue weighted by molar-refractivity contribution is -0.116. The second-order valence-electron chi connectivity index (χ2n) is 5.94. The molecule has 9 heteroatoms. The second-order valence-corrected chi connectivity index (χ2v) is 7.00. The maximum absolute atomic E-state index is 12.3. The predicted molar refractivity (Wildman–Crippen MR) is 111 cm³/mol. The highest BCUT2D eigenvalue weighted by atomic mass is 32.1. The van der Waals surface area contributed by atoms with Crippen LogP contribution in [-0.2, 0) is 11.2 Å². The number of amides is 2. The lowest BCUT2D eigenvalue weighted by Gasteiger charge is -2.11. The maximum atomic E-state index is 12.3. The molecule has 29 heavy (non-hydrogen) atoms. The molecule has 0 aliphatic heterocycles. The Hall–Kier alpha value is -3.46. The zero-order valence-corrected chi connectivity index (χ0v) is 16.8. The quantitative estimate of drug-likeness (QED) is 0.588.